The summed E-state index contributed by atoms with van der Waals surface area (Å²) in [6.07, 6.45) is 1.41. The topological polar surface area (TPSA) is 69.1 Å². The lowest BCUT2D eigenvalue weighted by atomic mass is 10.1. The molecule has 0 amide bonds. The van der Waals surface area contributed by atoms with Gasteiger partial charge in [0.2, 0.25) is 0 Å². The summed E-state index contributed by atoms with van der Waals surface area (Å²) < 4.78 is 31.5. The number of benzene rings is 3. The second kappa shape index (κ2) is 10.7. The van der Waals surface area contributed by atoms with Gasteiger partial charge in [0.15, 0.2) is 17.3 Å². The van der Waals surface area contributed by atoms with Crippen LogP contribution in [0, 0.1) is 5.82 Å². The van der Waals surface area contributed by atoms with E-state index in [-0.39, 0.29) is 17.3 Å². The molecule has 0 atom stereocenters. The standard InChI is InChI=1S/C25H20ClFN4O3S/c1-32-21-8-7-15(9-23(21)34-3)12-31(20-6-4-5-17(26)24(20)27)25-16-10-19(30-14-35)22(33-2)11-18(16)28-13-29-25/h4-11,13H,12H2,1-3H3. The number of ether oxygens (including phenoxy) is 3. The summed E-state index contributed by atoms with van der Waals surface area (Å²) >= 11 is 10.9. The van der Waals surface area contributed by atoms with Crippen LogP contribution in [-0.4, -0.2) is 36.5 Å². The Hall–Kier alpha value is -3.78. The molecular formula is C25H20ClFN4O3S. The van der Waals surface area contributed by atoms with E-state index in [9.17, 15) is 0 Å². The fraction of sp³-hybridized carbons (Fsp3) is 0.160. The van der Waals surface area contributed by atoms with E-state index in [2.05, 4.69) is 20.1 Å². The Bertz CT molecular complexity index is 1450. The number of aromatic nitrogens is 2. The molecule has 0 spiro atoms. The fourth-order valence-electron chi connectivity index (χ4n) is 3.71. The van der Waals surface area contributed by atoms with Crippen molar-refractivity contribution >= 4 is 57.1 Å². The molecule has 0 radical (unpaired) electrons. The molecule has 178 valence electrons. The van der Waals surface area contributed by atoms with Gasteiger partial charge in [-0.25, -0.2) is 14.4 Å². The second-order valence-electron chi connectivity index (χ2n) is 7.29. The van der Waals surface area contributed by atoms with Gasteiger partial charge >= 0.3 is 0 Å². The van der Waals surface area contributed by atoms with Crippen LogP contribution in [0.1, 0.15) is 5.56 Å². The molecular weight excluding hydrogens is 491 g/mol. The van der Waals surface area contributed by atoms with Crippen molar-refractivity contribution in [1.29, 1.82) is 0 Å². The minimum absolute atomic E-state index is 0.00848. The van der Waals surface area contributed by atoms with Crippen molar-refractivity contribution in [3.8, 4) is 17.2 Å². The van der Waals surface area contributed by atoms with Crippen LogP contribution in [-0.2, 0) is 6.54 Å². The van der Waals surface area contributed by atoms with Crippen molar-refractivity contribution in [2.45, 2.75) is 6.54 Å². The Labute approximate surface area is 211 Å². The number of isothiocyanates is 1. The SMILES string of the molecule is COc1cc2ncnc(N(Cc3ccc(OC)c(OC)c3)c3cccc(Cl)c3F)c2cc1N=C=S. The summed E-state index contributed by atoms with van der Waals surface area (Å²) in [5.74, 6) is 1.46. The minimum atomic E-state index is -0.577. The zero-order valence-electron chi connectivity index (χ0n) is 19.1. The number of hydrogen-bond acceptors (Lipinski definition) is 8. The summed E-state index contributed by atoms with van der Waals surface area (Å²) in [6, 6.07) is 13.7. The van der Waals surface area contributed by atoms with Gasteiger partial charge in [-0.05, 0) is 48.1 Å². The Balaban J connectivity index is 1.94. The minimum Gasteiger partial charge on any atom is -0.494 e. The lowest BCUT2D eigenvalue weighted by molar-refractivity contribution is 0.354. The van der Waals surface area contributed by atoms with Gasteiger partial charge in [-0.3, -0.25) is 0 Å². The quantitative estimate of drug-likeness (QED) is 0.197. The first-order valence-corrected chi connectivity index (χ1v) is 11.1. The molecule has 10 heteroatoms. The van der Waals surface area contributed by atoms with Crippen LogP contribution >= 0.6 is 23.8 Å². The number of nitrogens with zero attached hydrogens (tertiary/aromatic N) is 4. The normalized spacial score (nSPS) is 10.5. The molecule has 0 N–H and O–H groups in total. The molecule has 0 saturated carbocycles. The Morgan fingerprint density at radius 2 is 1.77 bits per heavy atom. The monoisotopic (exact) mass is 510 g/mol. The van der Waals surface area contributed by atoms with Crippen LogP contribution in [0.2, 0.25) is 5.02 Å². The molecule has 0 saturated heterocycles. The number of fused-ring (bicyclic) bond motifs is 1. The van der Waals surface area contributed by atoms with E-state index in [0.29, 0.717) is 39.7 Å². The van der Waals surface area contributed by atoms with Gasteiger partial charge in [-0.2, -0.15) is 4.99 Å². The summed E-state index contributed by atoms with van der Waals surface area (Å²) in [5.41, 5.74) is 2.08. The molecule has 0 aliphatic carbocycles. The molecule has 0 aliphatic heterocycles. The number of hydrogen-bond donors (Lipinski definition) is 0. The molecule has 0 bridgehead atoms. The Morgan fingerprint density at radius 3 is 2.49 bits per heavy atom. The maximum absolute atomic E-state index is 15.3. The molecule has 0 fully saturated rings. The van der Waals surface area contributed by atoms with Crippen LogP contribution in [0.5, 0.6) is 17.2 Å². The maximum atomic E-state index is 15.3. The van der Waals surface area contributed by atoms with Gasteiger partial charge in [0, 0.05) is 18.0 Å². The first-order valence-electron chi connectivity index (χ1n) is 10.3. The molecule has 3 aromatic carbocycles. The van der Waals surface area contributed by atoms with Gasteiger partial charge in [0.1, 0.15) is 23.6 Å². The first-order chi connectivity index (χ1) is 17.0. The van der Waals surface area contributed by atoms with Crippen molar-refractivity contribution in [2.24, 2.45) is 4.99 Å². The molecule has 35 heavy (non-hydrogen) atoms. The summed E-state index contributed by atoms with van der Waals surface area (Å²) in [5, 5.41) is 2.95. The largest absolute Gasteiger partial charge is 0.494 e. The Morgan fingerprint density at radius 1 is 1.00 bits per heavy atom. The van der Waals surface area contributed by atoms with Gasteiger partial charge in [-0.15, -0.1) is 0 Å². The van der Waals surface area contributed by atoms with E-state index < -0.39 is 5.82 Å². The lowest BCUT2D eigenvalue weighted by Gasteiger charge is -2.26. The third-order valence-electron chi connectivity index (χ3n) is 5.35. The lowest BCUT2D eigenvalue weighted by Crippen LogP contribution is -2.20. The van der Waals surface area contributed by atoms with E-state index in [4.69, 9.17) is 38.0 Å². The van der Waals surface area contributed by atoms with Gasteiger partial charge in [0.05, 0.1) is 42.7 Å². The smallest absolute Gasteiger partial charge is 0.165 e. The number of aliphatic imine (C=N–C) groups is 1. The summed E-state index contributed by atoms with van der Waals surface area (Å²) in [7, 11) is 4.64. The highest BCUT2D eigenvalue weighted by molar-refractivity contribution is 7.78. The van der Waals surface area contributed by atoms with Gasteiger partial charge in [-0.1, -0.05) is 23.7 Å². The highest BCUT2D eigenvalue weighted by Gasteiger charge is 2.22. The van der Waals surface area contributed by atoms with Gasteiger partial charge in [0.25, 0.3) is 0 Å². The van der Waals surface area contributed by atoms with Crippen molar-refractivity contribution in [3.63, 3.8) is 0 Å². The van der Waals surface area contributed by atoms with Crippen molar-refractivity contribution < 1.29 is 18.6 Å². The predicted octanol–water partition coefficient (Wildman–Crippen LogP) is 6.52. The maximum Gasteiger partial charge on any atom is 0.165 e. The fourth-order valence-corrected chi connectivity index (χ4v) is 3.98. The number of rotatable bonds is 8. The predicted molar refractivity (Wildman–Crippen MR) is 138 cm³/mol. The Kier molecular flexibility index (Phi) is 7.41. The van der Waals surface area contributed by atoms with Crippen molar-refractivity contribution in [3.05, 3.63) is 71.3 Å². The second-order valence-corrected chi connectivity index (χ2v) is 7.88. The van der Waals surface area contributed by atoms with Crippen molar-refractivity contribution in [1.82, 2.24) is 9.97 Å². The number of anilines is 2. The van der Waals surface area contributed by atoms with Crippen LogP contribution in [0.15, 0.2) is 59.9 Å². The van der Waals surface area contributed by atoms with E-state index in [1.54, 1.807) is 49.5 Å². The molecule has 7 nitrogen and oxygen atoms in total. The van der Waals surface area contributed by atoms with Crippen LogP contribution in [0.4, 0.5) is 21.6 Å². The van der Waals surface area contributed by atoms with E-state index >= 15 is 4.39 Å². The van der Waals surface area contributed by atoms with E-state index in [0.717, 1.165) is 5.56 Å². The molecule has 1 aromatic heterocycles. The average molecular weight is 511 g/mol. The average Bonchev–Trinajstić information content (AvgIpc) is 2.88. The summed E-state index contributed by atoms with van der Waals surface area (Å²) in [6.45, 7) is 0.238. The van der Waals surface area contributed by atoms with Gasteiger partial charge < -0.3 is 19.1 Å². The molecule has 0 unspecified atom stereocenters. The number of thiocarbonyl (C=S) groups is 1. The van der Waals surface area contributed by atoms with E-state index in [1.165, 1.54) is 19.5 Å². The number of halogens is 2. The third-order valence-corrected chi connectivity index (χ3v) is 5.73. The van der Waals surface area contributed by atoms with E-state index in [1.807, 2.05) is 12.1 Å². The van der Waals surface area contributed by atoms with Crippen molar-refractivity contribution in [2.75, 3.05) is 26.2 Å². The van der Waals surface area contributed by atoms with Crippen LogP contribution < -0.4 is 19.1 Å². The molecule has 4 aromatic rings. The van der Waals surface area contributed by atoms with Crippen LogP contribution in [0.3, 0.4) is 0 Å². The zero-order chi connectivity index (χ0) is 24.9. The molecule has 4 rings (SSSR count). The zero-order valence-corrected chi connectivity index (χ0v) is 20.7. The summed E-state index contributed by atoms with van der Waals surface area (Å²) in [4.78, 5) is 14.7. The first kappa shape index (κ1) is 24.3. The highest BCUT2D eigenvalue weighted by Crippen LogP contribution is 2.39. The van der Waals surface area contributed by atoms with Crippen LogP contribution in [0.25, 0.3) is 10.9 Å². The molecule has 0 aliphatic rings. The number of methoxy groups -OCH3 is 3. The molecule has 1 heterocycles. The third kappa shape index (κ3) is 4.88. The highest BCUT2D eigenvalue weighted by atomic mass is 35.5.